The Morgan fingerprint density at radius 1 is 1.03 bits per heavy atom. The van der Waals surface area contributed by atoms with Gasteiger partial charge in [0.15, 0.2) is 0 Å². The minimum atomic E-state index is -0.147. The van der Waals surface area contributed by atoms with Crippen molar-refractivity contribution in [2.24, 2.45) is 40.4 Å². The zero-order chi connectivity index (χ0) is 22.5. The molecule has 4 saturated carbocycles. The molecule has 1 aromatic rings. The number of hydrogen-bond donors (Lipinski definition) is 0. The van der Waals surface area contributed by atoms with Crippen molar-refractivity contribution in [3.8, 4) is 0 Å². The maximum Gasteiger partial charge on any atom is 0.302 e. The van der Waals surface area contributed by atoms with E-state index in [2.05, 4.69) is 56.3 Å². The zero-order valence-corrected chi connectivity index (χ0v) is 19.9. The van der Waals surface area contributed by atoms with Gasteiger partial charge in [-0.1, -0.05) is 56.3 Å². The van der Waals surface area contributed by atoms with E-state index < -0.39 is 0 Å². The standard InChI is InChI=1S/C29H38O3/c1-19(30)32-23-13-15-28(2)22(18-23)17-21(10-9-20-7-5-4-6-8-20)27-24-11-12-26(31)29(24,3)16-14-25(27)28/h4-10,21-25,27H,11-18H2,1-3H3/b10-9+/t21?,22-,23-,24-,25-,27-,28-,29-/m0/s1. The molecule has 0 aromatic heterocycles. The van der Waals surface area contributed by atoms with E-state index in [0.717, 1.165) is 44.9 Å². The van der Waals surface area contributed by atoms with Crippen LogP contribution in [0.4, 0.5) is 0 Å². The molecule has 1 unspecified atom stereocenters. The van der Waals surface area contributed by atoms with Crippen LogP contribution in [0.15, 0.2) is 36.4 Å². The van der Waals surface area contributed by atoms with Crippen LogP contribution in [0, 0.1) is 40.4 Å². The van der Waals surface area contributed by atoms with Gasteiger partial charge in [-0.15, -0.1) is 0 Å². The molecule has 8 atom stereocenters. The Labute approximate surface area is 193 Å². The minimum Gasteiger partial charge on any atom is -0.463 e. The Bertz CT molecular complexity index is 904. The molecule has 0 amide bonds. The van der Waals surface area contributed by atoms with Crippen molar-refractivity contribution in [2.45, 2.75) is 78.2 Å². The summed E-state index contributed by atoms with van der Waals surface area (Å²) >= 11 is 0. The number of Topliss-reactive ketones (excluding diaryl/α,β-unsaturated/α-hetero) is 1. The SMILES string of the molecule is CC(=O)O[C@H]1CC[C@@]2(C)[C@@H](CC(/C=C/c3ccccc3)[C@@H]3[C@@H]2CC[C@]2(C)C(=O)CC[C@@H]32)C1. The van der Waals surface area contributed by atoms with Crippen molar-refractivity contribution in [3.05, 3.63) is 42.0 Å². The van der Waals surface area contributed by atoms with Gasteiger partial charge in [0, 0.05) is 18.8 Å². The van der Waals surface area contributed by atoms with Crippen LogP contribution in [0.2, 0.25) is 0 Å². The molecule has 0 saturated heterocycles. The van der Waals surface area contributed by atoms with E-state index >= 15 is 0 Å². The number of rotatable bonds is 3. The second-order valence-corrected chi connectivity index (χ2v) is 11.6. The summed E-state index contributed by atoms with van der Waals surface area (Å²) in [6.45, 7) is 6.33. The van der Waals surface area contributed by atoms with Gasteiger partial charge in [-0.2, -0.15) is 0 Å². The van der Waals surface area contributed by atoms with Gasteiger partial charge in [0.1, 0.15) is 11.9 Å². The number of carbonyl (C=O) groups is 2. The highest BCUT2D eigenvalue weighted by Gasteiger charge is 2.62. The van der Waals surface area contributed by atoms with Crippen molar-refractivity contribution < 1.29 is 14.3 Å². The summed E-state index contributed by atoms with van der Waals surface area (Å²) in [6.07, 6.45) is 13.2. The van der Waals surface area contributed by atoms with Crippen molar-refractivity contribution >= 4 is 17.8 Å². The molecule has 32 heavy (non-hydrogen) atoms. The lowest BCUT2D eigenvalue weighted by atomic mass is 9.43. The zero-order valence-electron chi connectivity index (χ0n) is 19.9. The van der Waals surface area contributed by atoms with Crippen molar-refractivity contribution in [2.75, 3.05) is 0 Å². The number of benzene rings is 1. The molecule has 0 aliphatic heterocycles. The summed E-state index contributed by atoms with van der Waals surface area (Å²) < 4.78 is 5.68. The van der Waals surface area contributed by atoms with Crippen molar-refractivity contribution in [1.29, 1.82) is 0 Å². The first kappa shape index (κ1) is 21.9. The quantitative estimate of drug-likeness (QED) is 0.512. The van der Waals surface area contributed by atoms with Crippen LogP contribution >= 0.6 is 0 Å². The Morgan fingerprint density at radius 2 is 1.81 bits per heavy atom. The van der Waals surface area contributed by atoms with E-state index in [-0.39, 0.29) is 17.5 Å². The number of esters is 1. The van der Waals surface area contributed by atoms with Gasteiger partial charge in [-0.3, -0.25) is 9.59 Å². The first-order chi connectivity index (χ1) is 15.3. The van der Waals surface area contributed by atoms with E-state index in [9.17, 15) is 9.59 Å². The lowest BCUT2D eigenvalue weighted by Crippen LogP contribution is -2.56. The molecule has 1 aromatic carbocycles. The molecule has 4 fully saturated rings. The van der Waals surface area contributed by atoms with Gasteiger partial charge >= 0.3 is 5.97 Å². The van der Waals surface area contributed by atoms with Crippen LogP contribution in [0.25, 0.3) is 6.08 Å². The Balaban J connectivity index is 1.48. The van der Waals surface area contributed by atoms with E-state index in [1.165, 1.54) is 18.9 Å². The predicted molar refractivity (Wildman–Crippen MR) is 127 cm³/mol. The summed E-state index contributed by atoms with van der Waals surface area (Å²) in [5.74, 6) is 3.20. The minimum absolute atomic E-state index is 0.0720. The number of ether oxygens (including phenoxy) is 1. The highest BCUT2D eigenvalue weighted by atomic mass is 16.5. The first-order valence-electron chi connectivity index (χ1n) is 12.7. The summed E-state index contributed by atoms with van der Waals surface area (Å²) in [7, 11) is 0. The van der Waals surface area contributed by atoms with E-state index in [0.29, 0.717) is 40.8 Å². The Hall–Kier alpha value is -1.90. The topological polar surface area (TPSA) is 43.4 Å². The van der Waals surface area contributed by atoms with Crippen LogP contribution in [0.3, 0.4) is 0 Å². The average molecular weight is 435 g/mol. The lowest BCUT2D eigenvalue weighted by Gasteiger charge is -2.62. The highest BCUT2D eigenvalue weighted by molar-refractivity contribution is 5.87. The summed E-state index contributed by atoms with van der Waals surface area (Å²) in [4.78, 5) is 24.6. The van der Waals surface area contributed by atoms with Crippen LogP contribution in [-0.4, -0.2) is 17.9 Å². The van der Waals surface area contributed by atoms with Crippen molar-refractivity contribution in [1.82, 2.24) is 0 Å². The predicted octanol–water partition coefficient (Wildman–Crippen LogP) is 6.47. The smallest absolute Gasteiger partial charge is 0.302 e. The molecule has 3 heteroatoms. The Kier molecular flexibility index (Phi) is 5.58. The fourth-order valence-corrected chi connectivity index (χ4v) is 8.40. The summed E-state index contributed by atoms with van der Waals surface area (Å²) in [5, 5.41) is 0. The van der Waals surface area contributed by atoms with Gasteiger partial charge in [0.2, 0.25) is 0 Å². The van der Waals surface area contributed by atoms with E-state index in [1.54, 1.807) is 0 Å². The van der Waals surface area contributed by atoms with Crippen molar-refractivity contribution in [3.63, 3.8) is 0 Å². The molecule has 3 nitrogen and oxygen atoms in total. The number of allylic oxidation sites excluding steroid dienone is 1. The van der Waals surface area contributed by atoms with E-state index in [1.807, 2.05) is 0 Å². The molecule has 0 radical (unpaired) electrons. The lowest BCUT2D eigenvalue weighted by molar-refractivity contribution is -0.164. The third-order valence-electron chi connectivity index (χ3n) is 10.1. The van der Waals surface area contributed by atoms with Crippen LogP contribution in [0.5, 0.6) is 0 Å². The molecule has 4 aliphatic carbocycles. The van der Waals surface area contributed by atoms with Gasteiger partial charge in [0.05, 0.1) is 0 Å². The molecule has 5 rings (SSSR count). The summed E-state index contributed by atoms with van der Waals surface area (Å²) in [6, 6.07) is 10.6. The second-order valence-electron chi connectivity index (χ2n) is 11.6. The highest BCUT2D eigenvalue weighted by Crippen LogP contribution is 2.67. The van der Waals surface area contributed by atoms with E-state index in [4.69, 9.17) is 4.74 Å². The van der Waals surface area contributed by atoms with Gasteiger partial charge in [-0.25, -0.2) is 0 Å². The molecule has 0 N–H and O–H groups in total. The number of ketones is 1. The molecule has 0 spiro atoms. The van der Waals surface area contributed by atoms with Crippen LogP contribution in [-0.2, 0) is 14.3 Å². The maximum atomic E-state index is 12.9. The van der Waals surface area contributed by atoms with Gasteiger partial charge in [-0.05, 0) is 85.5 Å². The molecule has 0 heterocycles. The largest absolute Gasteiger partial charge is 0.463 e. The number of carbonyl (C=O) groups excluding carboxylic acids is 2. The molecule has 172 valence electrons. The molecular weight excluding hydrogens is 396 g/mol. The normalized spacial score (nSPS) is 43.4. The number of fused-ring (bicyclic) bond motifs is 5. The number of hydrogen-bond acceptors (Lipinski definition) is 3. The third-order valence-corrected chi connectivity index (χ3v) is 10.1. The maximum absolute atomic E-state index is 12.9. The van der Waals surface area contributed by atoms with Crippen LogP contribution < -0.4 is 0 Å². The average Bonchev–Trinajstić information content (AvgIpc) is 3.07. The third kappa shape index (κ3) is 3.56. The molecule has 0 bridgehead atoms. The molecular formula is C29H38O3. The van der Waals surface area contributed by atoms with Crippen LogP contribution in [0.1, 0.15) is 77.7 Å². The summed E-state index contributed by atoms with van der Waals surface area (Å²) in [5.41, 5.74) is 1.43. The fraction of sp³-hybridized carbons (Fsp3) is 0.655. The monoisotopic (exact) mass is 434 g/mol. The Morgan fingerprint density at radius 3 is 2.56 bits per heavy atom. The fourth-order valence-electron chi connectivity index (χ4n) is 8.40. The second kappa shape index (κ2) is 8.15. The molecule has 4 aliphatic rings. The first-order valence-corrected chi connectivity index (χ1v) is 12.7. The van der Waals surface area contributed by atoms with Gasteiger partial charge < -0.3 is 4.74 Å². The van der Waals surface area contributed by atoms with Gasteiger partial charge in [0.25, 0.3) is 0 Å².